The van der Waals surface area contributed by atoms with Crippen LogP contribution < -0.4 is 9.64 Å². The van der Waals surface area contributed by atoms with Gasteiger partial charge in [-0.3, -0.25) is 4.79 Å². The summed E-state index contributed by atoms with van der Waals surface area (Å²) >= 11 is 0. The average Bonchev–Trinajstić information content (AvgIpc) is 2.67. The summed E-state index contributed by atoms with van der Waals surface area (Å²) in [7, 11) is 1.67. The monoisotopic (exact) mass is 338 g/mol. The number of rotatable bonds is 5. The van der Waals surface area contributed by atoms with Crippen molar-refractivity contribution in [3.63, 3.8) is 0 Å². The Kier molecular flexibility index (Phi) is 5.59. The normalized spacial score (nSPS) is 17.4. The van der Waals surface area contributed by atoms with E-state index in [4.69, 9.17) is 4.74 Å². The van der Waals surface area contributed by atoms with Crippen molar-refractivity contribution in [2.45, 2.75) is 25.8 Å². The van der Waals surface area contributed by atoms with Gasteiger partial charge in [0.2, 0.25) is 5.91 Å². The van der Waals surface area contributed by atoms with Gasteiger partial charge in [0.1, 0.15) is 5.75 Å². The molecule has 0 aliphatic carbocycles. The number of piperazine rings is 1. The third-order valence-electron chi connectivity index (χ3n) is 4.87. The number of aryl methyl sites for hydroxylation is 1. The van der Waals surface area contributed by atoms with E-state index >= 15 is 0 Å². The SMILES string of the molecule is COc1ccccc1CCC(=O)N1CCN(c2ccccc2)C(C)C1. The standard InChI is InChI=1S/C21H26N2O2/c1-17-16-22(14-15-23(17)19-9-4-3-5-10-19)21(24)13-12-18-8-6-7-11-20(18)25-2/h3-11,17H,12-16H2,1-2H3. The topological polar surface area (TPSA) is 32.8 Å². The zero-order valence-corrected chi connectivity index (χ0v) is 15.0. The molecule has 1 aliphatic heterocycles. The fourth-order valence-corrected chi connectivity index (χ4v) is 3.50. The molecule has 2 aromatic carbocycles. The van der Waals surface area contributed by atoms with Crippen molar-refractivity contribution in [2.75, 3.05) is 31.6 Å². The van der Waals surface area contributed by atoms with Gasteiger partial charge in [-0.2, -0.15) is 0 Å². The van der Waals surface area contributed by atoms with Gasteiger partial charge in [-0.25, -0.2) is 0 Å². The van der Waals surface area contributed by atoms with Crippen molar-refractivity contribution in [1.82, 2.24) is 4.90 Å². The van der Waals surface area contributed by atoms with E-state index in [1.807, 2.05) is 35.2 Å². The van der Waals surface area contributed by atoms with E-state index in [1.165, 1.54) is 5.69 Å². The third-order valence-corrected chi connectivity index (χ3v) is 4.87. The first-order chi connectivity index (χ1) is 12.2. The molecule has 1 heterocycles. The molecule has 0 radical (unpaired) electrons. The van der Waals surface area contributed by atoms with E-state index in [1.54, 1.807) is 7.11 Å². The summed E-state index contributed by atoms with van der Waals surface area (Å²) in [6.45, 7) is 4.63. The van der Waals surface area contributed by atoms with Crippen LogP contribution in [-0.4, -0.2) is 43.6 Å². The highest BCUT2D eigenvalue weighted by atomic mass is 16.5. The molecule has 4 nitrogen and oxygen atoms in total. The number of hydrogen-bond donors (Lipinski definition) is 0. The zero-order chi connectivity index (χ0) is 17.6. The zero-order valence-electron chi connectivity index (χ0n) is 15.0. The lowest BCUT2D eigenvalue weighted by Gasteiger charge is -2.41. The van der Waals surface area contributed by atoms with Crippen LogP contribution in [0, 0.1) is 0 Å². The molecular weight excluding hydrogens is 312 g/mol. The molecule has 2 aromatic rings. The Morgan fingerprint density at radius 3 is 2.52 bits per heavy atom. The second-order valence-corrected chi connectivity index (χ2v) is 6.53. The highest BCUT2D eigenvalue weighted by Gasteiger charge is 2.26. The van der Waals surface area contributed by atoms with Gasteiger partial charge in [0.15, 0.2) is 0 Å². The second-order valence-electron chi connectivity index (χ2n) is 6.53. The molecule has 0 bridgehead atoms. The maximum atomic E-state index is 12.6. The van der Waals surface area contributed by atoms with Crippen LogP contribution in [0.4, 0.5) is 5.69 Å². The minimum atomic E-state index is 0.227. The Bertz CT molecular complexity index is 702. The van der Waals surface area contributed by atoms with Crippen molar-refractivity contribution in [2.24, 2.45) is 0 Å². The fourth-order valence-electron chi connectivity index (χ4n) is 3.50. The summed E-state index contributed by atoms with van der Waals surface area (Å²) in [5.74, 6) is 1.09. The summed E-state index contributed by atoms with van der Waals surface area (Å²) in [6.07, 6.45) is 1.24. The van der Waals surface area contributed by atoms with Crippen LogP contribution in [-0.2, 0) is 11.2 Å². The van der Waals surface area contributed by atoms with Gasteiger partial charge in [-0.05, 0) is 37.1 Å². The van der Waals surface area contributed by atoms with Gasteiger partial charge < -0.3 is 14.5 Å². The van der Waals surface area contributed by atoms with Gasteiger partial charge in [-0.15, -0.1) is 0 Å². The molecule has 132 valence electrons. The van der Waals surface area contributed by atoms with Crippen molar-refractivity contribution in [3.8, 4) is 5.75 Å². The van der Waals surface area contributed by atoms with E-state index in [0.29, 0.717) is 12.5 Å². The Balaban J connectivity index is 1.56. The van der Waals surface area contributed by atoms with Gasteiger partial charge in [0, 0.05) is 37.8 Å². The highest BCUT2D eigenvalue weighted by molar-refractivity contribution is 5.77. The van der Waals surface area contributed by atoms with Gasteiger partial charge in [-0.1, -0.05) is 36.4 Å². The largest absolute Gasteiger partial charge is 0.496 e. The van der Waals surface area contributed by atoms with Crippen LogP contribution >= 0.6 is 0 Å². The van der Waals surface area contributed by atoms with E-state index in [2.05, 4.69) is 36.1 Å². The second kappa shape index (κ2) is 8.06. The first kappa shape index (κ1) is 17.3. The van der Waals surface area contributed by atoms with Crippen molar-refractivity contribution in [1.29, 1.82) is 0 Å². The van der Waals surface area contributed by atoms with E-state index in [0.717, 1.165) is 37.4 Å². The maximum Gasteiger partial charge on any atom is 0.223 e. The number of carbonyl (C=O) groups is 1. The number of nitrogens with zero attached hydrogens (tertiary/aromatic N) is 2. The number of benzene rings is 2. The van der Waals surface area contributed by atoms with Crippen molar-refractivity contribution < 1.29 is 9.53 Å². The fraction of sp³-hybridized carbons (Fsp3) is 0.381. The summed E-state index contributed by atoms with van der Waals surface area (Å²) < 4.78 is 5.37. The van der Waals surface area contributed by atoms with E-state index in [9.17, 15) is 4.79 Å². The van der Waals surface area contributed by atoms with E-state index < -0.39 is 0 Å². The quantitative estimate of drug-likeness (QED) is 0.838. The smallest absolute Gasteiger partial charge is 0.223 e. The predicted octanol–water partition coefficient (Wildman–Crippen LogP) is 3.37. The number of hydrogen-bond acceptors (Lipinski definition) is 3. The Morgan fingerprint density at radius 2 is 1.80 bits per heavy atom. The molecule has 0 saturated carbocycles. The van der Waals surface area contributed by atoms with Crippen LogP contribution in [0.25, 0.3) is 0 Å². The first-order valence-corrected chi connectivity index (χ1v) is 8.90. The minimum absolute atomic E-state index is 0.227. The summed E-state index contributed by atoms with van der Waals surface area (Å²) in [5, 5.41) is 0. The molecule has 4 heteroatoms. The summed E-state index contributed by atoms with van der Waals surface area (Å²) in [4.78, 5) is 17.0. The van der Waals surface area contributed by atoms with Gasteiger partial charge in [0.05, 0.1) is 7.11 Å². The predicted molar refractivity (Wildman–Crippen MR) is 101 cm³/mol. The maximum absolute atomic E-state index is 12.6. The number of carbonyl (C=O) groups excluding carboxylic acids is 1. The first-order valence-electron chi connectivity index (χ1n) is 8.90. The highest BCUT2D eigenvalue weighted by Crippen LogP contribution is 2.22. The van der Waals surface area contributed by atoms with Crippen molar-refractivity contribution in [3.05, 3.63) is 60.2 Å². The third kappa shape index (κ3) is 4.13. The lowest BCUT2D eigenvalue weighted by atomic mass is 10.1. The molecule has 1 atom stereocenters. The van der Waals surface area contributed by atoms with Crippen LogP contribution in [0.2, 0.25) is 0 Å². The molecule has 0 spiro atoms. The number of para-hydroxylation sites is 2. The molecular formula is C21H26N2O2. The van der Waals surface area contributed by atoms with Gasteiger partial charge in [0.25, 0.3) is 0 Å². The Hall–Kier alpha value is -2.49. The Labute approximate surface area is 150 Å². The lowest BCUT2D eigenvalue weighted by molar-refractivity contribution is -0.131. The molecule has 3 rings (SSSR count). The summed E-state index contributed by atoms with van der Waals surface area (Å²) in [5.41, 5.74) is 2.32. The van der Waals surface area contributed by atoms with Crippen LogP contribution in [0.5, 0.6) is 5.75 Å². The molecule has 1 unspecified atom stereocenters. The van der Waals surface area contributed by atoms with Crippen LogP contribution in [0.1, 0.15) is 18.9 Å². The minimum Gasteiger partial charge on any atom is -0.496 e. The average molecular weight is 338 g/mol. The summed E-state index contributed by atoms with van der Waals surface area (Å²) in [6, 6.07) is 18.7. The number of methoxy groups -OCH3 is 1. The van der Waals surface area contributed by atoms with Crippen LogP contribution in [0.3, 0.4) is 0 Å². The lowest BCUT2D eigenvalue weighted by Crippen LogP contribution is -2.53. The molecule has 0 N–H and O–H groups in total. The van der Waals surface area contributed by atoms with Crippen molar-refractivity contribution >= 4 is 11.6 Å². The molecule has 1 amide bonds. The Morgan fingerprint density at radius 1 is 1.08 bits per heavy atom. The molecule has 1 saturated heterocycles. The number of amides is 1. The number of ether oxygens (including phenoxy) is 1. The molecule has 0 aromatic heterocycles. The van der Waals surface area contributed by atoms with Gasteiger partial charge >= 0.3 is 0 Å². The molecule has 1 fully saturated rings. The molecule has 1 aliphatic rings. The van der Waals surface area contributed by atoms with E-state index in [-0.39, 0.29) is 5.91 Å². The van der Waals surface area contributed by atoms with Crippen LogP contribution in [0.15, 0.2) is 54.6 Å². The number of anilines is 1. The molecule has 25 heavy (non-hydrogen) atoms.